The van der Waals surface area contributed by atoms with Crippen LogP contribution < -0.4 is 0 Å². The summed E-state index contributed by atoms with van der Waals surface area (Å²) in [4.78, 5) is 19.0. The Hall–Kier alpha value is -2.96. The molecule has 2 aromatic heterocycles. The van der Waals surface area contributed by atoms with E-state index in [-0.39, 0.29) is 18.3 Å². The number of carbonyl (C=O) groups excluding carboxylic acids is 1. The number of carbonyl (C=O) groups is 1. The largest absolute Gasteiger partial charge is 0.446 e. The minimum Gasteiger partial charge on any atom is -0.446 e. The van der Waals surface area contributed by atoms with Gasteiger partial charge < -0.3 is 9.32 Å². The molecule has 146 valence electrons. The van der Waals surface area contributed by atoms with Crippen LogP contribution in [-0.4, -0.2) is 32.1 Å². The van der Waals surface area contributed by atoms with Gasteiger partial charge in [0, 0.05) is 31.1 Å². The molecule has 0 aliphatic carbocycles. The zero-order chi connectivity index (χ0) is 19.8. The molecule has 1 aliphatic rings. The fraction of sp³-hybridized carbons (Fsp3) is 0.381. The van der Waals surface area contributed by atoms with E-state index in [1.807, 2.05) is 19.9 Å². The number of aromatic nitrogens is 3. The molecule has 3 heterocycles. The van der Waals surface area contributed by atoms with Gasteiger partial charge in [-0.2, -0.15) is 5.10 Å². The fourth-order valence-corrected chi connectivity index (χ4v) is 3.59. The van der Waals surface area contributed by atoms with Crippen molar-refractivity contribution in [3.05, 3.63) is 58.7 Å². The molecule has 1 aliphatic heterocycles. The summed E-state index contributed by atoms with van der Waals surface area (Å²) in [6.45, 7) is 6.85. The third kappa shape index (κ3) is 3.44. The number of halogens is 1. The van der Waals surface area contributed by atoms with E-state index in [1.54, 1.807) is 28.6 Å². The van der Waals surface area contributed by atoms with Crippen molar-refractivity contribution in [2.75, 3.05) is 6.54 Å². The number of benzene rings is 1. The number of rotatable bonds is 4. The molecule has 1 aromatic carbocycles. The van der Waals surface area contributed by atoms with Gasteiger partial charge in [0.2, 0.25) is 5.91 Å². The van der Waals surface area contributed by atoms with Crippen molar-refractivity contribution >= 4 is 5.91 Å². The second-order valence-corrected chi connectivity index (χ2v) is 7.16. The fourth-order valence-electron chi connectivity index (χ4n) is 3.59. The lowest BCUT2D eigenvalue weighted by atomic mass is 10.1. The average molecular weight is 382 g/mol. The summed E-state index contributed by atoms with van der Waals surface area (Å²) in [6, 6.07) is 6.92. The molecule has 3 aromatic rings. The molecule has 4 rings (SSSR count). The van der Waals surface area contributed by atoms with Crippen LogP contribution in [0.15, 0.2) is 28.7 Å². The number of aryl methyl sites for hydroxylation is 3. The first-order chi connectivity index (χ1) is 13.4. The molecule has 0 spiro atoms. The van der Waals surface area contributed by atoms with Crippen molar-refractivity contribution in [3.8, 4) is 11.3 Å². The van der Waals surface area contributed by atoms with Gasteiger partial charge in [-0.1, -0.05) is 6.92 Å². The van der Waals surface area contributed by atoms with Crippen LogP contribution in [0.4, 0.5) is 4.39 Å². The Bertz CT molecular complexity index is 1040. The highest BCUT2D eigenvalue weighted by atomic mass is 19.1. The highest BCUT2D eigenvalue weighted by molar-refractivity contribution is 5.76. The SMILES string of the molecule is CCc1cc(-c2ccc(F)c(C)c2)nn1CC(=O)N1CCc2oc(C)nc2C1. The van der Waals surface area contributed by atoms with Gasteiger partial charge in [0.1, 0.15) is 23.8 Å². The molecular weight excluding hydrogens is 359 g/mol. The van der Waals surface area contributed by atoms with Gasteiger partial charge in [-0.15, -0.1) is 0 Å². The second kappa shape index (κ2) is 7.22. The van der Waals surface area contributed by atoms with Crippen LogP contribution in [0.5, 0.6) is 0 Å². The highest BCUT2D eigenvalue weighted by Gasteiger charge is 2.25. The highest BCUT2D eigenvalue weighted by Crippen LogP contribution is 2.23. The Labute approximate surface area is 163 Å². The number of nitrogens with zero attached hydrogens (tertiary/aromatic N) is 4. The van der Waals surface area contributed by atoms with E-state index in [2.05, 4.69) is 10.1 Å². The number of amides is 1. The van der Waals surface area contributed by atoms with Gasteiger partial charge in [0.15, 0.2) is 5.89 Å². The smallest absolute Gasteiger partial charge is 0.244 e. The van der Waals surface area contributed by atoms with E-state index in [0.29, 0.717) is 31.0 Å². The van der Waals surface area contributed by atoms with Crippen molar-refractivity contribution in [3.63, 3.8) is 0 Å². The summed E-state index contributed by atoms with van der Waals surface area (Å²) in [5, 5.41) is 4.62. The molecule has 0 bridgehead atoms. The first-order valence-corrected chi connectivity index (χ1v) is 9.50. The maximum absolute atomic E-state index is 13.6. The maximum Gasteiger partial charge on any atom is 0.244 e. The number of fused-ring (bicyclic) bond motifs is 1. The van der Waals surface area contributed by atoms with Crippen LogP contribution in [0.25, 0.3) is 11.3 Å². The first-order valence-electron chi connectivity index (χ1n) is 9.50. The third-order valence-electron chi connectivity index (χ3n) is 5.15. The van der Waals surface area contributed by atoms with E-state index >= 15 is 0 Å². The van der Waals surface area contributed by atoms with Crippen LogP contribution in [0, 0.1) is 19.7 Å². The van der Waals surface area contributed by atoms with Gasteiger partial charge in [0.05, 0.1) is 12.2 Å². The minimum atomic E-state index is -0.235. The number of hydrogen-bond acceptors (Lipinski definition) is 4. The van der Waals surface area contributed by atoms with E-state index in [1.165, 1.54) is 6.07 Å². The molecule has 0 unspecified atom stereocenters. The van der Waals surface area contributed by atoms with Crippen molar-refractivity contribution in [1.82, 2.24) is 19.7 Å². The molecule has 7 heteroatoms. The number of oxazole rings is 1. The summed E-state index contributed by atoms with van der Waals surface area (Å²) < 4.78 is 20.9. The van der Waals surface area contributed by atoms with Crippen molar-refractivity contribution in [2.24, 2.45) is 0 Å². The zero-order valence-corrected chi connectivity index (χ0v) is 16.3. The Kier molecular flexibility index (Phi) is 4.75. The van der Waals surface area contributed by atoms with E-state index < -0.39 is 0 Å². The minimum absolute atomic E-state index is 0.00550. The standard InChI is InChI=1S/C21H23FN4O2/c1-4-16-10-18(15-5-6-17(22)13(2)9-15)24-26(16)12-21(27)25-8-7-20-19(11-25)23-14(3)28-20/h5-6,9-10H,4,7-8,11-12H2,1-3H3. The van der Waals surface area contributed by atoms with E-state index in [4.69, 9.17) is 4.42 Å². The molecule has 0 N–H and O–H groups in total. The molecular formula is C21H23FN4O2. The molecule has 0 saturated heterocycles. The van der Waals surface area contributed by atoms with Crippen molar-refractivity contribution < 1.29 is 13.6 Å². The van der Waals surface area contributed by atoms with Gasteiger partial charge in [-0.05, 0) is 43.2 Å². The lowest BCUT2D eigenvalue weighted by Gasteiger charge is -2.25. The van der Waals surface area contributed by atoms with Crippen LogP contribution in [0.1, 0.15) is 35.5 Å². The molecule has 6 nitrogen and oxygen atoms in total. The first kappa shape index (κ1) is 18.4. The Morgan fingerprint density at radius 2 is 2.11 bits per heavy atom. The van der Waals surface area contributed by atoms with Gasteiger partial charge in [-0.25, -0.2) is 9.37 Å². The predicted octanol–water partition coefficient (Wildman–Crippen LogP) is 3.44. The van der Waals surface area contributed by atoms with Gasteiger partial charge in [-0.3, -0.25) is 9.48 Å². The lowest BCUT2D eigenvalue weighted by Crippen LogP contribution is -2.38. The Morgan fingerprint density at radius 1 is 1.29 bits per heavy atom. The van der Waals surface area contributed by atoms with Crippen LogP contribution in [-0.2, 0) is 30.7 Å². The molecule has 28 heavy (non-hydrogen) atoms. The molecule has 1 amide bonds. The molecule has 0 saturated carbocycles. The van der Waals surface area contributed by atoms with Crippen LogP contribution in [0.2, 0.25) is 0 Å². The molecule has 0 atom stereocenters. The summed E-state index contributed by atoms with van der Waals surface area (Å²) in [5.74, 6) is 1.29. The van der Waals surface area contributed by atoms with Gasteiger partial charge >= 0.3 is 0 Å². The lowest BCUT2D eigenvalue weighted by molar-refractivity contribution is -0.133. The summed E-state index contributed by atoms with van der Waals surface area (Å²) in [5.41, 5.74) is 3.99. The maximum atomic E-state index is 13.6. The van der Waals surface area contributed by atoms with Crippen LogP contribution in [0.3, 0.4) is 0 Å². The molecule has 0 radical (unpaired) electrons. The van der Waals surface area contributed by atoms with Crippen LogP contribution >= 0.6 is 0 Å². The third-order valence-corrected chi connectivity index (χ3v) is 5.15. The average Bonchev–Trinajstić information content (AvgIpc) is 3.25. The number of hydrogen-bond donors (Lipinski definition) is 0. The monoisotopic (exact) mass is 382 g/mol. The van der Waals surface area contributed by atoms with E-state index in [9.17, 15) is 9.18 Å². The molecule has 0 fully saturated rings. The van der Waals surface area contributed by atoms with Crippen molar-refractivity contribution in [2.45, 2.75) is 46.7 Å². The van der Waals surface area contributed by atoms with Crippen molar-refractivity contribution in [1.29, 1.82) is 0 Å². The topological polar surface area (TPSA) is 64.2 Å². The second-order valence-electron chi connectivity index (χ2n) is 7.16. The zero-order valence-electron chi connectivity index (χ0n) is 16.3. The Balaban J connectivity index is 1.53. The summed E-state index contributed by atoms with van der Waals surface area (Å²) >= 11 is 0. The normalized spacial score (nSPS) is 13.6. The Morgan fingerprint density at radius 3 is 2.86 bits per heavy atom. The van der Waals surface area contributed by atoms with E-state index in [0.717, 1.165) is 34.8 Å². The van der Waals surface area contributed by atoms with Gasteiger partial charge in [0.25, 0.3) is 0 Å². The predicted molar refractivity (Wildman–Crippen MR) is 102 cm³/mol. The quantitative estimate of drug-likeness (QED) is 0.693. The summed E-state index contributed by atoms with van der Waals surface area (Å²) in [6.07, 6.45) is 1.44. The summed E-state index contributed by atoms with van der Waals surface area (Å²) in [7, 11) is 0.